The molecule has 0 unspecified atom stereocenters. The number of ether oxygens (including phenoxy) is 2. The molecule has 1 amide bonds. The van der Waals surface area contributed by atoms with E-state index >= 15 is 0 Å². The van der Waals surface area contributed by atoms with E-state index in [1.165, 1.54) is 6.92 Å². The van der Waals surface area contributed by atoms with Crippen molar-refractivity contribution in [2.75, 3.05) is 11.9 Å². The summed E-state index contributed by atoms with van der Waals surface area (Å²) in [6.07, 6.45) is -14.9. The lowest BCUT2D eigenvalue weighted by atomic mass is 10.2. The van der Waals surface area contributed by atoms with Gasteiger partial charge in [-0.25, -0.2) is 9.59 Å². The zero-order chi connectivity index (χ0) is 18.5. The number of carbonyl (C=O) groups is 2. The zero-order valence-corrected chi connectivity index (χ0v) is 12.0. The second-order valence-electron chi connectivity index (χ2n) is 4.28. The molecular weight excluding hydrogens is 348 g/mol. The third-order valence-electron chi connectivity index (χ3n) is 2.46. The summed E-state index contributed by atoms with van der Waals surface area (Å²) in [5.41, 5.74) is -1.59. The summed E-state index contributed by atoms with van der Waals surface area (Å²) in [5, 5.41) is 1.69. The lowest BCUT2D eigenvalue weighted by Gasteiger charge is -2.19. The molecular formula is C13H11F6NO4. The molecule has 0 aromatic heterocycles. The molecule has 24 heavy (non-hydrogen) atoms. The number of hydrogen-bond acceptors (Lipinski definition) is 4. The predicted molar refractivity (Wildman–Crippen MR) is 68.0 cm³/mol. The summed E-state index contributed by atoms with van der Waals surface area (Å²) in [4.78, 5) is 22.6. The third kappa shape index (κ3) is 5.63. The largest absolute Gasteiger partial charge is 0.463 e. The maximum Gasteiger partial charge on any atom is 0.436 e. The number of alkyl halides is 6. The molecule has 1 atom stereocenters. The minimum atomic E-state index is -5.24. The molecule has 0 saturated heterocycles. The predicted octanol–water partition coefficient (Wildman–Crippen LogP) is 3.75. The van der Waals surface area contributed by atoms with E-state index in [1.54, 1.807) is 5.32 Å². The SMILES string of the molecule is CCOC(=O)[C@@H](OC(=O)Nc1cccc(C(F)(F)F)c1)C(F)(F)F. The van der Waals surface area contributed by atoms with Gasteiger partial charge in [0.05, 0.1) is 12.2 Å². The maximum atomic E-state index is 12.7. The van der Waals surface area contributed by atoms with Crippen molar-refractivity contribution in [3.63, 3.8) is 0 Å². The lowest BCUT2D eigenvalue weighted by Crippen LogP contribution is -2.42. The minimum absolute atomic E-state index is 0.385. The molecule has 1 aromatic rings. The Morgan fingerprint density at radius 3 is 2.29 bits per heavy atom. The highest BCUT2D eigenvalue weighted by atomic mass is 19.4. The van der Waals surface area contributed by atoms with Crippen LogP contribution in [0.25, 0.3) is 0 Å². The van der Waals surface area contributed by atoms with Gasteiger partial charge in [0.25, 0.3) is 6.10 Å². The van der Waals surface area contributed by atoms with Crippen LogP contribution in [0.4, 0.5) is 36.8 Å². The maximum absolute atomic E-state index is 12.7. The Hall–Kier alpha value is -2.46. The Morgan fingerprint density at radius 1 is 1.17 bits per heavy atom. The molecule has 0 aliphatic carbocycles. The van der Waals surface area contributed by atoms with E-state index < -0.39 is 41.8 Å². The number of halogens is 6. The molecule has 0 aliphatic rings. The molecule has 0 heterocycles. The molecule has 0 saturated carbocycles. The van der Waals surface area contributed by atoms with Crippen LogP contribution >= 0.6 is 0 Å². The molecule has 0 bridgehead atoms. The van der Waals surface area contributed by atoms with Crippen molar-refractivity contribution < 1.29 is 45.4 Å². The summed E-state index contributed by atoms with van der Waals surface area (Å²) >= 11 is 0. The molecule has 134 valence electrons. The van der Waals surface area contributed by atoms with Crippen LogP contribution in [0.5, 0.6) is 0 Å². The van der Waals surface area contributed by atoms with Gasteiger partial charge in [-0.3, -0.25) is 5.32 Å². The normalized spacial score (nSPS) is 13.1. The Balaban J connectivity index is 2.85. The van der Waals surface area contributed by atoms with Gasteiger partial charge in [0.15, 0.2) is 0 Å². The fraction of sp³-hybridized carbons (Fsp3) is 0.385. The molecule has 1 rings (SSSR count). The molecule has 0 spiro atoms. The molecule has 0 aliphatic heterocycles. The third-order valence-corrected chi connectivity index (χ3v) is 2.46. The molecule has 0 fully saturated rings. The Labute approximate surface area is 131 Å². The number of carbonyl (C=O) groups excluding carboxylic acids is 2. The van der Waals surface area contributed by atoms with Gasteiger partial charge in [0, 0.05) is 5.69 Å². The van der Waals surface area contributed by atoms with Crippen molar-refractivity contribution in [3.8, 4) is 0 Å². The second-order valence-corrected chi connectivity index (χ2v) is 4.28. The van der Waals surface area contributed by atoms with Crippen LogP contribution in [0.15, 0.2) is 24.3 Å². The van der Waals surface area contributed by atoms with E-state index in [-0.39, 0.29) is 6.61 Å². The van der Waals surface area contributed by atoms with Crippen molar-refractivity contribution >= 4 is 17.7 Å². The highest BCUT2D eigenvalue weighted by Crippen LogP contribution is 2.31. The molecule has 0 radical (unpaired) electrons. The number of esters is 1. The average molecular weight is 359 g/mol. The number of nitrogens with one attached hydrogen (secondary N) is 1. The van der Waals surface area contributed by atoms with Crippen molar-refractivity contribution in [2.45, 2.75) is 25.4 Å². The summed E-state index contributed by atoms with van der Waals surface area (Å²) in [7, 11) is 0. The number of hydrogen-bond donors (Lipinski definition) is 1. The smallest absolute Gasteiger partial charge is 0.436 e. The second kappa shape index (κ2) is 7.41. The van der Waals surface area contributed by atoms with Gasteiger partial charge in [-0.1, -0.05) is 6.07 Å². The van der Waals surface area contributed by atoms with Gasteiger partial charge in [-0.2, -0.15) is 26.3 Å². The summed E-state index contributed by atoms with van der Waals surface area (Å²) in [5.74, 6) is -1.84. The van der Waals surface area contributed by atoms with Crippen molar-refractivity contribution in [1.29, 1.82) is 0 Å². The Bertz CT molecular complexity index is 599. The monoisotopic (exact) mass is 359 g/mol. The topological polar surface area (TPSA) is 64.6 Å². The van der Waals surface area contributed by atoms with Gasteiger partial charge < -0.3 is 9.47 Å². The average Bonchev–Trinajstić information content (AvgIpc) is 2.43. The van der Waals surface area contributed by atoms with E-state index in [0.29, 0.717) is 12.1 Å². The number of rotatable bonds is 4. The van der Waals surface area contributed by atoms with Crippen LogP contribution in [0.1, 0.15) is 12.5 Å². The van der Waals surface area contributed by atoms with Crippen LogP contribution in [-0.4, -0.2) is 30.9 Å². The first-order valence-corrected chi connectivity index (χ1v) is 6.33. The minimum Gasteiger partial charge on any atom is -0.463 e. The zero-order valence-electron chi connectivity index (χ0n) is 12.0. The summed E-state index contributed by atoms with van der Waals surface area (Å²) < 4.78 is 83.6. The van der Waals surface area contributed by atoms with Crippen LogP contribution in [0, 0.1) is 0 Å². The lowest BCUT2D eigenvalue weighted by molar-refractivity contribution is -0.216. The van der Waals surface area contributed by atoms with Crippen LogP contribution < -0.4 is 5.32 Å². The molecule has 1 N–H and O–H groups in total. The van der Waals surface area contributed by atoms with Crippen molar-refractivity contribution in [3.05, 3.63) is 29.8 Å². The quantitative estimate of drug-likeness (QED) is 0.657. The highest BCUT2D eigenvalue weighted by molar-refractivity contribution is 5.87. The van der Waals surface area contributed by atoms with Crippen LogP contribution in [-0.2, 0) is 20.4 Å². The molecule has 5 nitrogen and oxygen atoms in total. The standard InChI is InChI=1S/C13H11F6NO4/c1-2-23-10(21)9(13(17,18)19)24-11(22)20-8-5-3-4-7(6-8)12(14,15)16/h3-6,9H,2H2,1H3,(H,20,22)/t9-/m1/s1. The van der Waals surface area contributed by atoms with Gasteiger partial charge in [0.1, 0.15) is 0 Å². The van der Waals surface area contributed by atoms with Gasteiger partial charge in [-0.15, -0.1) is 0 Å². The Kier molecular flexibility index (Phi) is 6.04. The Morgan fingerprint density at radius 2 is 1.79 bits per heavy atom. The summed E-state index contributed by atoms with van der Waals surface area (Å²) in [6, 6.07) is 3.14. The number of amides is 1. The van der Waals surface area contributed by atoms with Gasteiger partial charge in [0.2, 0.25) is 0 Å². The van der Waals surface area contributed by atoms with Crippen LogP contribution in [0.3, 0.4) is 0 Å². The molecule has 11 heteroatoms. The van der Waals surface area contributed by atoms with Crippen molar-refractivity contribution in [2.24, 2.45) is 0 Å². The fourth-order valence-corrected chi connectivity index (χ4v) is 1.49. The van der Waals surface area contributed by atoms with Crippen molar-refractivity contribution in [1.82, 2.24) is 0 Å². The first-order valence-electron chi connectivity index (χ1n) is 6.33. The van der Waals surface area contributed by atoms with E-state index in [2.05, 4.69) is 9.47 Å². The van der Waals surface area contributed by atoms with Gasteiger partial charge >= 0.3 is 24.4 Å². The van der Waals surface area contributed by atoms with E-state index in [4.69, 9.17) is 0 Å². The van der Waals surface area contributed by atoms with Crippen LogP contribution in [0.2, 0.25) is 0 Å². The highest BCUT2D eigenvalue weighted by Gasteiger charge is 2.49. The van der Waals surface area contributed by atoms with E-state index in [9.17, 15) is 35.9 Å². The van der Waals surface area contributed by atoms with E-state index in [0.717, 1.165) is 12.1 Å². The van der Waals surface area contributed by atoms with Gasteiger partial charge in [-0.05, 0) is 25.1 Å². The molecule has 1 aromatic carbocycles. The first-order chi connectivity index (χ1) is 10.9. The first kappa shape index (κ1) is 19.6. The fourth-order valence-electron chi connectivity index (χ4n) is 1.49. The van der Waals surface area contributed by atoms with E-state index in [1.807, 2.05) is 0 Å². The number of benzene rings is 1. The number of anilines is 1. The summed E-state index contributed by atoms with van der Waals surface area (Å²) in [6.45, 7) is 0.859.